The lowest BCUT2D eigenvalue weighted by atomic mass is 10.1. The second-order valence-corrected chi connectivity index (χ2v) is 6.05. The minimum atomic E-state index is 0.0561. The van der Waals surface area contributed by atoms with E-state index in [0.29, 0.717) is 16.6 Å². The lowest BCUT2D eigenvalue weighted by Gasteiger charge is -2.23. The molecule has 21 heavy (non-hydrogen) atoms. The number of nitrogens with one attached hydrogen (secondary N) is 1. The zero-order valence-electron chi connectivity index (χ0n) is 11.6. The molecule has 2 aromatic rings. The third kappa shape index (κ3) is 2.86. The topological polar surface area (TPSA) is 65.0 Å². The summed E-state index contributed by atoms with van der Waals surface area (Å²) in [5.41, 5.74) is 0.748. The molecule has 112 valence electrons. The average Bonchev–Trinajstić information content (AvgIpc) is 3.07. The van der Waals surface area contributed by atoms with Crippen molar-refractivity contribution in [3.05, 3.63) is 39.4 Å². The minimum Gasteiger partial charge on any atom is -0.506 e. The number of benzene rings is 1. The number of rotatable bonds is 3. The molecule has 7 heteroatoms. The number of aromatic nitrogens is 3. The summed E-state index contributed by atoms with van der Waals surface area (Å²) in [4.78, 5) is 6.67. The van der Waals surface area contributed by atoms with Gasteiger partial charge in [-0.05, 0) is 38.4 Å². The molecule has 1 aromatic carbocycles. The summed E-state index contributed by atoms with van der Waals surface area (Å²) in [6.07, 6.45) is 2.08. The summed E-state index contributed by atoms with van der Waals surface area (Å²) in [5, 5.41) is 17.8. The molecule has 1 aliphatic rings. The Bertz CT molecular complexity index is 658. The highest BCUT2D eigenvalue weighted by Gasteiger charge is 2.30. The fraction of sp³-hybridized carbons (Fsp3) is 0.429. The van der Waals surface area contributed by atoms with Gasteiger partial charge in [0.15, 0.2) is 5.82 Å². The predicted molar refractivity (Wildman–Crippen MR) is 81.6 cm³/mol. The van der Waals surface area contributed by atoms with Crippen molar-refractivity contribution in [2.75, 3.05) is 6.54 Å². The molecule has 2 heterocycles. The number of aromatic hydroxyl groups is 1. The lowest BCUT2D eigenvalue weighted by molar-refractivity contribution is 0.240. The van der Waals surface area contributed by atoms with Crippen LogP contribution in [0.5, 0.6) is 5.75 Å². The first kappa shape index (κ1) is 14.6. The molecule has 3 rings (SSSR count). The summed E-state index contributed by atoms with van der Waals surface area (Å²) in [5.74, 6) is 1.67. The number of likely N-dealkylation sites (tertiary alicyclic amines) is 1. The van der Waals surface area contributed by atoms with E-state index < -0.39 is 0 Å². The van der Waals surface area contributed by atoms with Crippen molar-refractivity contribution >= 4 is 23.2 Å². The number of hydrogen-bond donors (Lipinski definition) is 2. The number of halogens is 2. The Morgan fingerprint density at radius 2 is 2.24 bits per heavy atom. The zero-order valence-corrected chi connectivity index (χ0v) is 13.1. The van der Waals surface area contributed by atoms with Crippen molar-refractivity contribution in [1.82, 2.24) is 20.1 Å². The molecular weight excluding hydrogens is 311 g/mol. The van der Waals surface area contributed by atoms with Crippen LogP contribution in [0.4, 0.5) is 0 Å². The largest absolute Gasteiger partial charge is 0.506 e. The van der Waals surface area contributed by atoms with E-state index in [2.05, 4.69) is 20.1 Å². The van der Waals surface area contributed by atoms with Crippen LogP contribution in [0.1, 0.15) is 36.1 Å². The molecule has 1 unspecified atom stereocenters. The third-order valence-electron chi connectivity index (χ3n) is 3.80. The Morgan fingerprint density at radius 1 is 1.43 bits per heavy atom. The molecule has 1 atom stereocenters. The average molecular weight is 327 g/mol. The van der Waals surface area contributed by atoms with Gasteiger partial charge in [-0.3, -0.25) is 10.00 Å². The van der Waals surface area contributed by atoms with E-state index in [1.165, 1.54) is 6.07 Å². The highest BCUT2D eigenvalue weighted by atomic mass is 35.5. The number of H-pyrrole nitrogens is 1. The molecule has 1 saturated heterocycles. The number of aromatic amines is 1. The molecule has 0 radical (unpaired) electrons. The van der Waals surface area contributed by atoms with Gasteiger partial charge in [0.05, 0.1) is 11.1 Å². The molecule has 0 bridgehead atoms. The number of hydrogen-bond acceptors (Lipinski definition) is 4. The third-order valence-corrected chi connectivity index (χ3v) is 4.58. The van der Waals surface area contributed by atoms with E-state index in [9.17, 15) is 5.11 Å². The van der Waals surface area contributed by atoms with Crippen molar-refractivity contribution in [3.8, 4) is 5.75 Å². The molecule has 0 aliphatic carbocycles. The van der Waals surface area contributed by atoms with Crippen LogP contribution >= 0.6 is 23.2 Å². The SMILES string of the molecule is Cc1nc(C2CCCN2Cc2c(Cl)ccc(O)c2Cl)n[nH]1. The van der Waals surface area contributed by atoms with Gasteiger partial charge in [-0.15, -0.1) is 0 Å². The van der Waals surface area contributed by atoms with Crippen LogP contribution in [0.2, 0.25) is 10.0 Å². The summed E-state index contributed by atoms with van der Waals surface area (Å²) in [6, 6.07) is 3.33. The van der Waals surface area contributed by atoms with Gasteiger partial charge >= 0.3 is 0 Å². The van der Waals surface area contributed by atoms with Gasteiger partial charge in [0, 0.05) is 17.1 Å². The molecule has 1 aliphatic heterocycles. The quantitative estimate of drug-likeness (QED) is 0.906. The number of phenols is 1. The second-order valence-electron chi connectivity index (χ2n) is 5.27. The standard InChI is InChI=1S/C14H16Cl2N4O/c1-8-17-14(19-18-8)11-3-2-6-20(11)7-9-10(15)4-5-12(21)13(9)16/h4-5,11,21H,2-3,6-7H2,1H3,(H,17,18,19). The van der Waals surface area contributed by atoms with E-state index >= 15 is 0 Å². The second kappa shape index (κ2) is 5.83. The summed E-state index contributed by atoms with van der Waals surface area (Å²) < 4.78 is 0. The zero-order chi connectivity index (χ0) is 15.0. The van der Waals surface area contributed by atoms with Gasteiger partial charge in [-0.2, -0.15) is 5.10 Å². The van der Waals surface area contributed by atoms with E-state index in [-0.39, 0.29) is 11.8 Å². The Kier molecular flexibility index (Phi) is 4.06. The van der Waals surface area contributed by atoms with E-state index in [4.69, 9.17) is 23.2 Å². The number of aryl methyl sites for hydroxylation is 1. The first-order chi connectivity index (χ1) is 10.1. The van der Waals surface area contributed by atoms with Crippen molar-refractivity contribution in [3.63, 3.8) is 0 Å². The highest BCUT2D eigenvalue weighted by molar-refractivity contribution is 6.36. The van der Waals surface area contributed by atoms with Gasteiger partial charge in [0.25, 0.3) is 0 Å². The van der Waals surface area contributed by atoms with Crippen LogP contribution in [-0.4, -0.2) is 31.7 Å². The summed E-state index contributed by atoms with van der Waals surface area (Å²) >= 11 is 12.4. The fourth-order valence-electron chi connectivity index (χ4n) is 2.75. The molecule has 1 fully saturated rings. The molecule has 1 aromatic heterocycles. The van der Waals surface area contributed by atoms with Crippen LogP contribution in [0.25, 0.3) is 0 Å². The van der Waals surface area contributed by atoms with Crippen LogP contribution in [-0.2, 0) is 6.54 Å². The Labute approximate surface area is 132 Å². The van der Waals surface area contributed by atoms with Gasteiger partial charge in [0.2, 0.25) is 0 Å². The monoisotopic (exact) mass is 326 g/mol. The summed E-state index contributed by atoms with van der Waals surface area (Å²) in [6.45, 7) is 3.39. The maximum Gasteiger partial charge on any atom is 0.167 e. The first-order valence-electron chi connectivity index (χ1n) is 6.85. The maximum absolute atomic E-state index is 9.75. The first-order valence-corrected chi connectivity index (χ1v) is 7.60. The molecular formula is C14H16Cl2N4O. The van der Waals surface area contributed by atoms with Crippen LogP contribution in [0.3, 0.4) is 0 Å². The van der Waals surface area contributed by atoms with Gasteiger partial charge in [0.1, 0.15) is 11.6 Å². The smallest absolute Gasteiger partial charge is 0.167 e. The Hall–Kier alpha value is -1.30. The van der Waals surface area contributed by atoms with E-state index in [1.807, 2.05) is 6.92 Å². The Morgan fingerprint density at radius 3 is 2.95 bits per heavy atom. The van der Waals surface area contributed by atoms with Crippen LogP contribution in [0, 0.1) is 6.92 Å². The van der Waals surface area contributed by atoms with Crippen LogP contribution in [0.15, 0.2) is 12.1 Å². The maximum atomic E-state index is 9.75. The van der Waals surface area contributed by atoms with Crippen LogP contribution < -0.4 is 0 Å². The van der Waals surface area contributed by atoms with Gasteiger partial charge in [-0.1, -0.05) is 23.2 Å². The van der Waals surface area contributed by atoms with Gasteiger partial charge in [-0.25, -0.2) is 4.98 Å². The predicted octanol–water partition coefficient (Wildman–Crippen LogP) is 3.46. The van der Waals surface area contributed by atoms with Crippen molar-refractivity contribution in [1.29, 1.82) is 0 Å². The molecule has 5 nitrogen and oxygen atoms in total. The van der Waals surface area contributed by atoms with Crippen molar-refractivity contribution < 1.29 is 5.11 Å². The number of phenolic OH excluding ortho intramolecular Hbond substituents is 1. The van der Waals surface area contributed by atoms with E-state index in [0.717, 1.165) is 36.6 Å². The normalized spacial score (nSPS) is 19.3. The molecule has 2 N–H and O–H groups in total. The fourth-order valence-corrected chi connectivity index (χ4v) is 3.24. The van der Waals surface area contributed by atoms with Crippen molar-refractivity contribution in [2.24, 2.45) is 0 Å². The van der Waals surface area contributed by atoms with Crippen molar-refractivity contribution in [2.45, 2.75) is 32.4 Å². The minimum absolute atomic E-state index is 0.0561. The lowest BCUT2D eigenvalue weighted by Crippen LogP contribution is -2.24. The molecule has 0 saturated carbocycles. The molecule has 0 spiro atoms. The van der Waals surface area contributed by atoms with E-state index in [1.54, 1.807) is 6.07 Å². The number of nitrogens with zero attached hydrogens (tertiary/aromatic N) is 3. The highest BCUT2D eigenvalue weighted by Crippen LogP contribution is 2.37. The molecule has 0 amide bonds. The summed E-state index contributed by atoms with van der Waals surface area (Å²) in [7, 11) is 0. The van der Waals surface area contributed by atoms with Gasteiger partial charge < -0.3 is 5.11 Å². The Balaban J connectivity index is 1.86.